The summed E-state index contributed by atoms with van der Waals surface area (Å²) >= 11 is 6.25. The normalized spacial score (nSPS) is 12.6. The number of benzene rings is 3. The standard InChI is InChI=1S/C30H35ClN2O2/c1-5-23(4)32-30(35)28(18-24-10-7-6-8-11-24)33(20-25-12-9-13-27(31)17-25)29(34)19-26-15-21(2)14-22(3)16-26/h6-17,23,28H,5,18-20H2,1-4H3,(H,32,35)/t23-,28-/m1/s1. The third-order valence-electron chi connectivity index (χ3n) is 6.15. The Morgan fingerprint density at radius 2 is 1.54 bits per heavy atom. The van der Waals surface area contributed by atoms with Crippen LogP contribution < -0.4 is 5.32 Å². The van der Waals surface area contributed by atoms with Gasteiger partial charge in [-0.15, -0.1) is 0 Å². The molecule has 1 N–H and O–H groups in total. The van der Waals surface area contributed by atoms with Crippen LogP contribution in [0.5, 0.6) is 0 Å². The van der Waals surface area contributed by atoms with Crippen LogP contribution in [0.15, 0.2) is 72.8 Å². The second-order valence-electron chi connectivity index (χ2n) is 9.35. The maximum absolute atomic E-state index is 13.8. The van der Waals surface area contributed by atoms with Crippen LogP contribution in [0.4, 0.5) is 0 Å². The lowest BCUT2D eigenvalue weighted by molar-refractivity contribution is -0.141. The second kappa shape index (κ2) is 12.6. The van der Waals surface area contributed by atoms with Gasteiger partial charge in [-0.2, -0.15) is 0 Å². The van der Waals surface area contributed by atoms with E-state index in [1.54, 1.807) is 4.90 Å². The van der Waals surface area contributed by atoms with E-state index in [0.29, 0.717) is 18.0 Å². The Kier molecular flexibility index (Phi) is 9.50. The van der Waals surface area contributed by atoms with Crippen molar-refractivity contribution in [3.05, 3.63) is 106 Å². The molecule has 0 saturated heterocycles. The molecular formula is C30H35ClN2O2. The summed E-state index contributed by atoms with van der Waals surface area (Å²) in [5, 5.41) is 3.71. The molecule has 0 saturated carbocycles. The Morgan fingerprint density at radius 3 is 2.17 bits per heavy atom. The molecule has 5 heteroatoms. The number of amides is 2. The molecule has 2 atom stereocenters. The predicted molar refractivity (Wildman–Crippen MR) is 143 cm³/mol. The number of halogens is 1. The fourth-order valence-corrected chi connectivity index (χ4v) is 4.49. The van der Waals surface area contributed by atoms with Crippen molar-refractivity contribution in [2.75, 3.05) is 0 Å². The smallest absolute Gasteiger partial charge is 0.243 e. The van der Waals surface area contributed by atoms with Crippen molar-refractivity contribution in [2.45, 2.75) is 65.6 Å². The third-order valence-corrected chi connectivity index (χ3v) is 6.39. The maximum Gasteiger partial charge on any atom is 0.243 e. The zero-order valence-electron chi connectivity index (χ0n) is 21.1. The Labute approximate surface area is 214 Å². The molecule has 0 unspecified atom stereocenters. The average Bonchev–Trinajstić information content (AvgIpc) is 2.81. The molecule has 0 radical (unpaired) electrons. The summed E-state index contributed by atoms with van der Waals surface area (Å²) in [6.45, 7) is 8.38. The fourth-order valence-electron chi connectivity index (χ4n) is 4.27. The summed E-state index contributed by atoms with van der Waals surface area (Å²) in [4.78, 5) is 29.1. The average molecular weight is 491 g/mol. The molecule has 3 rings (SSSR count). The van der Waals surface area contributed by atoms with Crippen LogP contribution in [0.25, 0.3) is 0 Å². The quantitative estimate of drug-likeness (QED) is 0.376. The lowest BCUT2D eigenvalue weighted by Crippen LogP contribution is -2.52. The van der Waals surface area contributed by atoms with E-state index in [4.69, 9.17) is 11.6 Å². The maximum atomic E-state index is 13.8. The van der Waals surface area contributed by atoms with Crippen LogP contribution in [0.2, 0.25) is 5.02 Å². The van der Waals surface area contributed by atoms with Gasteiger partial charge in [0.1, 0.15) is 6.04 Å². The van der Waals surface area contributed by atoms with Crippen molar-refractivity contribution in [3.63, 3.8) is 0 Å². The first-order valence-electron chi connectivity index (χ1n) is 12.2. The third kappa shape index (κ3) is 7.97. The summed E-state index contributed by atoms with van der Waals surface area (Å²) in [5.41, 5.74) is 5.08. The molecular weight excluding hydrogens is 456 g/mol. The van der Waals surface area contributed by atoms with Crippen LogP contribution in [-0.2, 0) is 29.0 Å². The molecule has 184 valence electrons. The van der Waals surface area contributed by atoms with Crippen molar-refractivity contribution in [1.82, 2.24) is 10.2 Å². The highest BCUT2D eigenvalue weighted by Crippen LogP contribution is 2.20. The summed E-state index contributed by atoms with van der Waals surface area (Å²) in [6.07, 6.45) is 1.47. The fraction of sp³-hybridized carbons (Fsp3) is 0.333. The van der Waals surface area contributed by atoms with E-state index in [1.807, 2.05) is 94.4 Å². The number of hydrogen-bond acceptors (Lipinski definition) is 2. The van der Waals surface area contributed by atoms with Gasteiger partial charge in [0, 0.05) is 24.0 Å². The van der Waals surface area contributed by atoms with Gasteiger partial charge in [0.2, 0.25) is 11.8 Å². The van der Waals surface area contributed by atoms with Crippen molar-refractivity contribution in [1.29, 1.82) is 0 Å². The van der Waals surface area contributed by atoms with E-state index in [0.717, 1.165) is 34.2 Å². The van der Waals surface area contributed by atoms with E-state index in [2.05, 4.69) is 11.4 Å². The van der Waals surface area contributed by atoms with Crippen LogP contribution in [-0.4, -0.2) is 28.8 Å². The summed E-state index contributed by atoms with van der Waals surface area (Å²) in [7, 11) is 0. The molecule has 4 nitrogen and oxygen atoms in total. The Bertz CT molecular complexity index is 1130. The van der Waals surface area contributed by atoms with Crippen LogP contribution >= 0.6 is 11.6 Å². The first kappa shape index (κ1) is 26.5. The zero-order chi connectivity index (χ0) is 25.4. The molecule has 3 aromatic rings. The van der Waals surface area contributed by atoms with E-state index in [-0.39, 0.29) is 24.3 Å². The number of aryl methyl sites for hydroxylation is 2. The van der Waals surface area contributed by atoms with Crippen molar-refractivity contribution >= 4 is 23.4 Å². The lowest BCUT2D eigenvalue weighted by Gasteiger charge is -2.32. The van der Waals surface area contributed by atoms with Gasteiger partial charge in [-0.1, -0.05) is 90.3 Å². The van der Waals surface area contributed by atoms with E-state index < -0.39 is 6.04 Å². The molecule has 3 aromatic carbocycles. The monoisotopic (exact) mass is 490 g/mol. The molecule has 0 aliphatic heterocycles. The highest BCUT2D eigenvalue weighted by atomic mass is 35.5. The van der Waals surface area contributed by atoms with Gasteiger partial charge in [0.15, 0.2) is 0 Å². The van der Waals surface area contributed by atoms with Gasteiger partial charge in [-0.05, 0) is 56.0 Å². The molecule has 0 heterocycles. The van der Waals surface area contributed by atoms with Crippen molar-refractivity contribution < 1.29 is 9.59 Å². The summed E-state index contributed by atoms with van der Waals surface area (Å²) in [5.74, 6) is -0.228. The van der Waals surface area contributed by atoms with Gasteiger partial charge >= 0.3 is 0 Å². The van der Waals surface area contributed by atoms with E-state index in [1.165, 1.54) is 0 Å². The molecule has 0 aliphatic rings. The molecule has 0 aliphatic carbocycles. The first-order valence-corrected chi connectivity index (χ1v) is 12.6. The molecule has 0 fully saturated rings. The van der Waals surface area contributed by atoms with Gasteiger partial charge in [0.25, 0.3) is 0 Å². The Morgan fingerprint density at radius 1 is 0.886 bits per heavy atom. The number of rotatable bonds is 10. The highest BCUT2D eigenvalue weighted by molar-refractivity contribution is 6.30. The topological polar surface area (TPSA) is 49.4 Å². The van der Waals surface area contributed by atoms with Gasteiger partial charge in [0.05, 0.1) is 6.42 Å². The molecule has 0 bridgehead atoms. The summed E-state index contributed by atoms with van der Waals surface area (Å²) < 4.78 is 0. The molecule has 0 spiro atoms. The number of carbonyl (C=O) groups excluding carboxylic acids is 2. The minimum absolute atomic E-state index is 0.0170. The van der Waals surface area contributed by atoms with Crippen LogP contribution in [0.1, 0.15) is 48.1 Å². The molecule has 0 aromatic heterocycles. The lowest BCUT2D eigenvalue weighted by atomic mass is 10.00. The molecule has 35 heavy (non-hydrogen) atoms. The van der Waals surface area contributed by atoms with Crippen molar-refractivity contribution in [2.24, 2.45) is 0 Å². The minimum Gasteiger partial charge on any atom is -0.352 e. The van der Waals surface area contributed by atoms with Crippen LogP contribution in [0.3, 0.4) is 0 Å². The predicted octanol–water partition coefficient (Wildman–Crippen LogP) is 6.05. The molecule has 2 amide bonds. The zero-order valence-corrected chi connectivity index (χ0v) is 21.8. The first-order chi connectivity index (χ1) is 16.7. The second-order valence-corrected chi connectivity index (χ2v) is 9.78. The van der Waals surface area contributed by atoms with Gasteiger partial charge in [-0.3, -0.25) is 9.59 Å². The number of nitrogens with one attached hydrogen (secondary N) is 1. The number of nitrogens with zero attached hydrogens (tertiary/aromatic N) is 1. The van der Waals surface area contributed by atoms with Gasteiger partial charge < -0.3 is 10.2 Å². The van der Waals surface area contributed by atoms with E-state index >= 15 is 0 Å². The highest BCUT2D eigenvalue weighted by Gasteiger charge is 2.31. The van der Waals surface area contributed by atoms with Crippen LogP contribution in [0, 0.1) is 13.8 Å². The summed E-state index contributed by atoms with van der Waals surface area (Å²) in [6, 6.07) is 22.9. The van der Waals surface area contributed by atoms with Crippen molar-refractivity contribution in [3.8, 4) is 0 Å². The minimum atomic E-state index is -0.649. The Hall–Kier alpha value is -3.11. The SMILES string of the molecule is CC[C@@H](C)NC(=O)[C@@H](Cc1ccccc1)N(Cc1cccc(Cl)c1)C(=O)Cc1cc(C)cc(C)c1. The van der Waals surface area contributed by atoms with Gasteiger partial charge in [-0.25, -0.2) is 0 Å². The Balaban J connectivity index is 1.99. The number of carbonyl (C=O) groups is 2. The van der Waals surface area contributed by atoms with E-state index in [9.17, 15) is 9.59 Å². The number of hydrogen-bond donors (Lipinski definition) is 1. The largest absolute Gasteiger partial charge is 0.352 e.